The third kappa shape index (κ3) is 4.86. The summed E-state index contributed by atoms with van der Waals surface area (Å²) in [6.07, 6.45) is 1.14. The Morgan fingerprint density at radius 2 is 1.82 bits per heavy atom. The van der Waals surface area contributed by atoms with Crippen molar-refractivity contribution in [3.05, 3.63) is 35.4 Å². The topological polar surface area (TPSA) is 44.5 Å². The molecule has 0 aliphatic carbocycles. The summed E-state index contributed by atoms with van der Waals surface area (Å²) in [5, 5.41) is 0. The van der Waals surface area contributed by atoms with Gasteiger partial charge >= 0.3 is 0 Å². The first-order valence-electron chi connectivity index (χ1n) is 6.12. The summed E-state index contributed by atoms with van der Waals surface area (Å²) in [5.74, 6) is 0. The van der Waals surface area contributed by atoms with E-state index in [1.54, 1.807) is 7.11 Å². The minimum absolute atomic E-state index is 0.0692. The summed E-state index contributed by atoms with van der Waals surface area (Å²) in [5.41, 5.74) is 8.51. The number of nitrogens with two attached hydrogens (primary N) is 1. The van der Waals surface area contributed by atoms with E-state index in [2.05, 4.69) is 31.2 Å². The van der Waals surface area contributed by atoms with E-state index in [9.17, 15) is 0 Å². The van der Waals surface area contributed by atoms with Gasteiger partial charge in [0.05, 0.1) is 25.4 Å². The minimum atomic E-state index is -0.0692. The summed E-state index contributed by atoms with van der Waals surface area (Å²) in [6.45, 7) is 5.25. The van der Waals surface area contributed by atoms with E-state index in [-0.39, 0.29) is 12.1 Å². The van der Waals surface area contributed by atoms with E-state index in [1.165, 1.54) is 5.56 Å². The van der Waals surface area contributed by atoms with Gasteiger partial charge in [0, 0.05) is 7.11 Å². The molecule has 2 N–H and O–H groups in total. The van der Waals surface area contributed by atoms with Crippen molar-refractivity contribution >= 4 is 0 Å². The lowest BCUT2D eigenvalue weighted by atomic mass is 10.1. The zero-order valence-electron chi connectivity index (χ0n) is 11.0. The van der Waals surface area contributed by atoms with Crippen LogP contribution < -0.4 is 5.73 Å². The summed E-state index contributed by atoms with van der Waals surface area (Å²) < 4.78 is 10.6. The number of benzene rings is 1. The molecule has 0 amide bonds. The molecule has 0 heterocycles. The van der Waals surface area contributed by atoms with Crippen molar-refractivity contribution in [1.29, 1.82) is 0 Å². The Balaban J connectivity index is 2.43. The Kier molecular flexibility index (Phi) is 6.19. The van der Waals surface area contributed by atoms with Gasteiger partial charge in [-0.25, -0.2) is 0 Å². The molecule has 2 unspecified atom stereocenters. The Bertz CT molecular complexity index is 311. The molecule has 1 aromatic rings. The first kappa shape index (κ1) is 14.2. The molecule has 0 radical (unpaired) electrons. The highest BCUT2D eigenvalue weighted by molar-refractivity contribution is 5.24. The highest BCUT2D eigenvalue weighted by atomic mass is 16.5. The Morgan fingerprint density at radius 1 is 1.18 bits per heavy atom. The van der Waals surface area contributed by atoms with Crippen LogP contribution in [0.4, 0.5) is 0 Å². The molecule has 0 aromatic heterocycles. The third-order valence-corrected chi connectivity index (χ3v) is 2.78. The number of ether oxygens (including phenoxy) is 2. The van der Waals surface area contributed by atoms with Crippen LogP contribution in [-0.4, -0.2) is 26.4 Å². The number of aryl methyl sites for hydroxylation is 1. The summed E-state index contributed by atoms with van der Waals surface area (Å²) >= 11 is 0. The van der Waals surface area contributed by atoms with Crippen LogP contribution in [0.25, 0.3) is 0 Å². The minimum Gasteiger partial charge on any atom is -0.382 e. The molecule has 0 spiro atoms. The Morgan fingerprint density at radius 3 is 2.35 bits per heavy atom. The normalized spacial score (nSPS) is 14.6. The second kappa shape index (κ2) is 7.43. The number of methoxy groups -OCH3 is 1. The molecule has 0 saturated carbocycles. The van der Waals surface area contributed by atoms with Crippen molar-refractivity contribution in [1.82, 2.24) is 0 Å². The van der Waals surface area contributed by atoms with Crippen LogP contribution in [-0.2, 0) is 15.9 Å². The van der Waals surface area contributed by atoms with Crippen LogP contribution >= 0.6 is 0 Å². The summed E-state index contributed by atoms with van der Waals surface area (Å²) in [4.78, 5) is 0. The number of hydrogen-bond donors (Lipinski definition) is 1. The lowest BCUT2D eigenvalue weighted by Gasteiger charge is -2.17. The van der Waals surface area contributed by atoms with Gasteiger partial charge in [-0.2, -0.15) is 0 Å². The van der Waals surface area contributed by atoms with Crippen molar-refractivity contribution in [2.75, 3.05) is 20.3 Å². The van der Waals surface area contributed by atoms with Gasteiger partial charge < -0.3 is 15.2 Å². The molecule has 0 fully saturated rings. The van der Waals surface area contributed by atoms with Crippen LogP contribution in [0.3, 0.4) is 0 Å². The molecule has 1 aromatic carbocycles. The maximum atomic E-state index is 6.07. The van der Waals surface area contributed by atoms with Crippen LogP contribution in [0.1, 0.15) is 31.0 Å². The van der Waals surface area contributed by atoms with Gasteiger partial charge in [0.15, 0.2) is 0 Å². The summed E-state index contributed by atoms with van der Waals surface area (Å²) in [7, 11) is 1.67. The number of rotatable bonds is 7. The predicted molar refractivity (Wildman–Crippen MR) is 70.0 cm³/mol. The van der Waals surface area contributed by atoms with Crippen molar-refractivity contribution in [2.24, 2.45) is 5.73 Å². The fourth-order valence-corrected chi connectivity index (χ4v) is 1.65. The van der Waals surface area contributed by atoms with Gasteiger partial charge in [0.1, 0.15) is 0 Å². The largest absolute Gasteiger partial charge is 0.382 e. The van der Waals surface area contributed by atoms with Crippen molar-refractivity contribution in [3.63, 3.8) is 0 Å². The third-order valence-electron chi connectivity index (χ3n) is 2.78. The Labute approximate surface area is 104 Å². The van der Waals surface area contributed by atoms with Gasteiger partial charge in [0.2, 0.25) is 0 Å². The molecule has 96 valence electrons. The lowest BCUT2D eigenvalue weighted by Crippen LogP contribution is -2.23. The second-order valence-corrected chi connectivity index (χ2v) is 4.30. The van der Waals surface area contributed by atoms with Gasteiger partial charge in [-0.1, -0.05) is 31.2 Å². The maximum absolute atomic E-state index is 6.07. The fourth-order valence-electron chi connectivity index (χ4n) is 1.65. The van der Waals surface area contributed by atoms with Crippen LogP contribution in [0.15, 0.2) is 24.3 Å². The van der Waals surface area contributed by atoms with Gasteiger partial charge in [-0.05, 0) is 24.5 Å². The second-order valence-electron chi connectivity index (χ2n) is 4.30. The molecular weight excluding hydrogens is 214 g/mol. The monoisotopic (exact) mass is 237 g/mol. The van der Waals surface area contributed by atoms with E-state index >= 15 is 0 Å². The Hall–Kier alpha value is -0.900. The van der Waals surface area contributed by atoms with E-state index in [0.29, 0.717) is 13.2 Å². The zero-order chi connectivity index (χ0) is 12.7. The lowest BCUT2D eigenvalue weighted by molar-refractivity contribution is 0.00328. The molecule has 0 aliphatic rings. The molecule has 0 aliphatic heterocycles. The number of hydrogen-bond acceptors (Lipinski definition) is 3. The van der Waals surface area contributed by atoms with Crippen LogP contribution in [0, 0.1) is 0 Å². The highest BCUT2D eigenvalue weighted by Crippen LogP contribution is 2.13. The van der Waals surface area contributed by atoms with E-state index in [0.717, 1.165) is 12.0 Å². The van der Waals surface area contributed by atoms with Gasteiger partial charge in [-0.3, -0.25) is 0 Å². The zero-order valence-corrected chi connectivity index (χ0v) is 11.0. The molecule has 3 nitrogen and oxygen atoms in total. The molecule has 1 rings (SSSR count). The average Bonchev–Trinajstić information content (AvgIpc) is 2.36. The van der Waals surface area contributed by atoms with Gasteiger partial charge in [0.25, 0.3) is 0 Å². The van der Waals surface area contributed by atoms with E-state index < -0.39 is 0 Å². The van der Waals surface area contributed by atoms with Gasteiger partial charge in [-0.15, -0.1) is 0 Å². The first-order valence-corrected chi connectivity index (χ1v) is 6.12. The standard InChI is InChI=1S/C14H23NO2/c1-4-12-5-7-13(8-6-12)14(15)10-17-11(2)9-16-3/h5-8,11,14H,4,9-10,15H2,1-3H3. The maximum Gasteiger partial charge on any atom is 0.0781 e. The van der Waals surface area contributed by atoms with Crippen molar-refractivity contribution in [2.45, 2.75) is 32.4 Å². The SMILES string of the molecule is CCc1ccc(C(N)COC(C)COC)cc1. The van der Waals surface area contributed by atoms with Crippen LogP contribution in [0.2, 0.25) is 0 Å². The molecule has 3 heteroatoms. The predicted octanol–water partition coefficient (Wildman–Crippen LogP) is 2.30. The van der Waals surface area contributed by atoms with Crippen molar-refractivity contribution < 1.29 is 9.47 Å². The fraction of sp³-hybridized carbons (Fsp3) is 0.571. The molecular formula is C14H23NO2. The smallest absolute Gasteiger partial charge is 0.0781 e. The first-order chi connectivity index (χ1) is 8.17. The van der Waals surface area contributed by atoms with E-state index in [1.807, 2.05) is 6.92 Å². The molecule has 17 heavy (non-hydrogen) atoms. The van der Waals surface area contributed by atoms with Crippen LogP contribution in [0.5, 0.6) is 0 Å². The average molecular weight is 237 g/mol. The van der Waals surface area contributed by atoms with Crippen molar-refractivity contribution in [3.8, 4) is 0 Å². The quantitative estimate of drug-likeness (QED) is 0.791. The summed E-state index contributed by atoms with van der Waals surface area (Å²) in [6, 6.07) is 8.32. The molecule has 2 atom stereocenters. The molecule has 0 saturated heterocycles. The molecule has 0 bridgehead atoms. The van der Waals surface area contributed by atoms with E-state index in [4.69, 9.17) is 15.2 Å². The highest BCUT2D eigenvalue weighted by Gasteiger charge is 2.08.